The number of fused-ring (bicyclic) bond motifs is 2. The van der Waals surface area contributed by atoms with Crippen LogP contribution in [0.25, 0.3) is 21.9 Å². The summed E-state index contributed by atoms with van der Waals surface area (Å²) in [7, 11) is 0. The second-order valence-electron chi connectivity index (χ2n) is 8.07. The van der Waals surface area contributed by atoms with Crippen molar-refractivity contribution in [2.24, 2.45) is 0 Å². The smallest absolute Gasteiger partial charge is 0.340 e. The van der Waals surface area contributed by atoms with Gasteiger partial charge in [0.2, 0.25) is 5.91 Å². The molecule has 0 saturated heterocycles. The van der Waals surface area contributed by atoms with Crippen LogP contribution in [0, 0.1) is 20.8 Å². The van der Waals surface area contributed by atoms with Crippen LogP contribution in [0.15, 0.2) is 50.0 Å². The Hall–Kier alpha value is -3.58. The molecule has 1 amide bonds. The number of aliphatic carboxylic acids is 1. The number of hydrogen-bond acceptors (Lipinski definition) is 6. The Labute approximate surface area is 194 Å². The zero-order valence-electron chi connectivity index (χ0n) is 18.3. The molecule has 2 aromatic carbocycles. The van der Waals surface area contributed by atoms with Crippen molar-refractivity contribution in [1.82, 2.24) is 5.32 Å². The maximum absolute atomic E-state index is 12.7. The predicted molar refractivity (Wildman–Crippen MR) is 122 cm³/mol. The van der Waals surface area contributed by atoms with Gasteiger partial charge in [0.25, 0.3) is 0 Å². The van der Waals surface area contributed by atoms with Crippen molar-refractivity contribution in [3.8, 4) is 0 Å². The Kier molecular flexibility index (Phi) is 5.99. The Bertz CT molecular complexity index is 1450. The number of benzene rings is 2. The largest absolute Gasteiger partial charge is 0.548 e. The number of carboxylic acids is 1. The van der Waals surface area contributed by atoms with Crippen molar-refractivity contribution >= 4 is 45.4 Å². The Morgan fingerprint density at radius 1 is 1.00 bits per heavy atom. The molecule has 0 unspecified atom stereocenters. The number of halogens is 1. The van der Waals surface area contributed by atoms with Gasteiger partial charge in [0.05, 0.1) is 24.0 Å². The molecule has 0 aliphatic heterocycles. The summed E-state index contributed by atoms with van der Waals surface area (Å²) in [5.74, 6) is -1.27. The number of amides is 1. The molecule has 4 aromatic rings. The number of carbonyl (C=O) groups excluding carboxylic acids is 2. The van der Waals surface area contributed by atoms with Crippen LogP contribution in [0.1, 0.15) is 28.0 Å². The van der Waals surface area contributed by atoms with E-state index in [1.807, 2.05) is 19.9 Å². The third-order valence-electron chi connectivity index (χ3n) is 5.89. The summed E-state index contributed by atoms with van der Waals surface area (Å²) in [6.45, 7) is 5.53. The lowest BCUT2D eigenvalue weighted by molar-refractivity contribution is -0.308. The summed E-state index contributed by atoms with van der Waals surface area (Å²) in [6, 6.07) is 8.90. The molecule has 33 heavy (non-hydrogen) atoms. The number of furan rings is 1. The van der Waals surface area contributed by atoms with Gasteiger partial charge >= 0.3 is 5.63 Å². The van der Waals surface area contributed by atoms with Crippen molar-refractivity contribution in [2.45, 2.75) is 39.7 Å². The normalized spacial score (nSPS) is 12.2. The molecule has 2 heterocycles. The number of rotatable bonds is 6. The maximum Gasteiger partial charge on any atom is 0.340 e. The lowest BCUT2D eigenvalue weighted by Gasteiger charge is -2.20. The predicted octanol–water partition coefficient (Wildman–Crippen LogP) is 3.14. The molecule has 1 atom stereocenters. The average molecular weight is 467 g/mol. The van der Waals surface area contributed by atoms with Gasteiger partial charge in [0, 0.05) is 21.9 Å². The Morgan fingerprint density at radius 2 is 1.64 bits per heavy atom. The van der Waals surface area contributed by atoms with Crippen LogP contribution in [0.5, 0.6) is 0 Å². The van der Waals surface area contributed by atoms with Crippen LogP contribution in [0.2, 0.25) is 5.02 Å². The SMILES string of the molecule is Cc1oc2cc3oc(=O)c(CC(=O)N[C@H](Cc4ccc(Cl)cc4)C(=O)[O-])c(C)c3cc2c1C. The maximum atomic E-state index is 12.7. The highest BCUT2D eigenvalue weighted by Crippen LogP contribution is 2.31. The van der Waals surface area contributed by atoms with E-state index in [9.17, 15) is 19.5 Å². The number of nitrogens with one attached hydrogen (secondary N) is 1. The summed E-state index contributed by atoms with van der Waals surface area (Å²) in [6.07, 6.45) is -0.302. The Balaban J connectivity index is 1.61. The van der Waals surface area contributed by atoms with E-state index in [0.717, 1.165) is 16.7 Å². The van der Waals surface area contributed by atoms with Crippen molar-refractivity contribution in [2.75, 3.05) is 0 Å². The first-order valence-electron chi connectivity index (χ1n) is 10.3. The molecule has 2 aromatic heterocycles. The number of carboxylic acid groups (broad SMARTS) is 1. The van der Waals surface area contributed by atoms with Crippen molar-refractivity contribution in [3.05, 3.63) is 79.9 Å². The molecule has 170 valence electrons. The number of aryl methyl sites for hydroxylation is 3. The minimum absolute atomic E-state index is 0.0215. The number of hydrogen-bond donors (Lipinski definition) is 1. The quantitative estimate of drug-likeness (QED) is 0.437. The van der Waals surface area contributed by atoms with Gasteiger partial charge in [-0.15, -0.1) is 0 Å². The van der Waals surface area contributed by atoms with Gasteiger partial charge in [0.15, 0.2) is 0 Å². The standard InChI is InChI=1S/C25H22ClNO6/c1-12-14(3)32-21-11-22-18(9-17(12)21)13(2)19(25(31)33-22)10-23(28)27-20(24(29)30)8-15-4-6-16(26)7-5-15/h4-7,9,11,20H,8,10H2,1-3H3,(H,27,28)(H,29,30)/p-1/t20-/m1/s1. The summed E-state index contributed by atoms with van der Waals surface area (Å²) in [5.41, 5.74) is 2.74. The summed E-state index contributed by atoms with van der Waals surface area (Å²) < 4.78 is 11.2. The van der Waals surface area contributed by atoms with Gasteiger partial charge in [-0.1, -0.05) is 23.7 Å². The van der Waals surface area contributed by atoms with Crippen LogP contribution >= 0.6 is 11.6 Å². The average Bonchev–Trinajstić information content (AvgIpc) is 3.03. The highest BCUT2D eigenvalue weighted by atomic mass is 35.5. The Morgan fingerprint density at radius 3 is 2.30 bits per heavy atom. The van der Waals surface area contributed by atoms with Gasteiger partial charge < -0.3 is 24.1 Å². The third-order valence-corrected chi connectivity index (χ3v) is 6.14. The molecule has 0 bridgehead atoms. The van der Waals surface area contributed by atoms with Crippen LogP contribution < -0.4 is 16.0 Å². The van der Waals surface area contributed by atoms with Crippen LogP contribution in [-0.4, -0.2) is 17.9 Å². The molecule has 4 rings (SSSR count). The highest BCUT2D eigenvalue weighted by molar-refractivity contribution is 6.30. The van der Waals surface area contributed by atoms with Crippen LogP contribution in [0.4, 0.5) is 0 Å². The van der Waals surface area contributed by atoms with E-state index in [0.29, 0.717) is 32.7 Å². The van der Waals surface area contributed by atoms with Crippen LogP contribution in [0.3, 0.4) is 0 Å². The van der Waals surface area contributed by atoms with E-state index < -0.39 is 23.5 Å². The topological polar surface area (TPSA) is 113 Å². The van der Waals surface area contributed by atoms with E-state index in [1.165, 1.54) is 0 Å². The molecular formula is C25H21ClNO6-. The van der Waals surface area contributed by atoms with Crippen LogP contribution in [-0.2, 0) is 22.4 Å². The second-order valence-corrected chi connectivity index (χ2v) is 8.50. The first-order chi connectivity index (χ1) is 15.6. The molecule has 0 fully saturated rings. The molecular weight excluding hydrogens is 446 g/mol. The van der Waals surface area contributed by atoms with Gasteiger partial charge in [-0.3, -0.25) is 4.79 Å². The zero-order chi connectivity index (χ0) is 23.9. The number of carbonyl (C=O) groups is 2. The van der Waals surface area contributed by atoms with Gasteiger partial charge in [-0.2, -0.15) is 0 Å². The van der Waals surface area contributed by atoms with Crippen molar-refractivity contribution < 1.29 is 23.5 Å². The molecule has 1 N–H and O–H groups in total. The fourth-order valence-electron chi connectivity index (χ4n) is 3.88. The highest BCUT2D eigenvalue weighted by Gasteiger charge is 2.20. The summed E-state index contributed by atoms with van der Waals surface area (Å²) >= 11 is 5.86. The van der Waals surface area contributed by atoms with E-state index >= 15 is 0 Å². The van der Waals surface area contributed by atoms with E-state index in [2.05, 4.69) is 5.32 Å². The molecule has 0 spiro atoms. The van der Waals surface area contributed by atoms with Gasteiger partial charge in [-0.05, 0) is 62.1 Å². The summed E-state index contributed by atoms with van der Waals surface area (Å²) in [4.78, 5) is 36.9. The van der Waals surface area contributed by atoms with Crippen molar-refractivity contribution in [3.63, 3.8) is 0 Å². The zero-order valence-corrected chi connectivity index (χ0v) is 19.0. The second kappa shape index (κ2) is 8.75. The molecule has 0 aliphatic rings. The van der Waals surface area contributed by atoms with E-state index in [1.54, 1.807) is 37.3 Å². The van der Waals surface area contributed by atoms with Gasteiger partial charge in [-0.25, -0.2) is 4.79 Å². The lowest BCUT2D eigenvalue weighted by Crippen LogP contribution is -2.49. The third kappa shape index (κ3) is 4.50. The summed E-state index contributed by atoms with van der Waals surface area (Å²) in [5, 5.41) is 16.1. The van der Waals surface area contributed by atoms with E-state index in [4.69, 9.17) is 20.4 Å². The molecule has 0 aliphatic carbocycles. The monoisotopic (exact) mass is 466 g/mol. The van der Waals surface area contributed by atoms with Crippen molar-refractivity contribution in [1.29, 1.82) is 0 Å². The fraction of sp³-hybridized carbons (Fsp3) is 0.240. The lowest BCUT2D eigenvalue weighted by atomic mass is 10.0. The molecule has 8 heteroatoms. The fourth-order valence-corrected chi connectivity index (χ4v) is 4.01. The molecule has 7 nitrogen and oxygen atoms in total. The first kappa shape index (κ1) is 22.6. The minimum Gasteiger partial charge on any atom is -0.548 e. The molecule has 0 radical (unpaired) electrons. The minimum atomic E-state index is -1.42. The molecule has 0 saturated carbocycles. The first-order valence-corrected chi connectivity index (χ1v) is 10.7. The van der Waals surface area contributed by atoms with Gasteiger partial charge in [0.1, 0.15) is 16.9 Å². The van der Waals surface area contributed by atoms with E-state index in [-0.39, 0.29) is 18.4 Å².